The van der Waals surface area contributed by atoms with E-state index < -0.39 is 17.8 Å². The first-order valence-corrected chi connectivity index (χ1v) is 6.93. The third kappa shape index (κ3) is 3.56. The molecule has 2 amide bonds. The maximum absolute atomic E-state index is 12.4. The van der Waals surface area contributed by atoms with Gasteiger partial charge in [-0.2, -0.15) is 5.26 Å². The Morgan fingerprint density at radius 1 is 1.12 bits per heavy atom. The molecule has 0 radical (unpaired) electrons. The minimum absolute atomic E-state index is 0.143. The van der Waals surface area contributed by atoms with E-state index >= 15 is 0 Å². The summed E-state index contributed by atoms with van der Waals surface area (Å²) in [4.78, 5) is 23.4. The number of benzene rings is 2. The van der Waals surface area contributed by atoms with Crippen molar-refractivity contribution < 1.29 is 14.7 Å². The van der Waals surface area contributed by atoms with Crippen LogP contribution in [-0.2, 0) is 4.79 Å². The Balaban J connectivity index is 2.53. The predicted octanol–water partition coefficient (Wildman–Crippen LogP) is 1.73. The minimum atomic E-state index is -0.804. The van der Waals surface area contributed by atoms with E-state index in [1.54, 1.807) is 30.3 Å². The number of nitriles is 1. The molecule has 120 valence electrons. The molecule has 24 heavy (non-hydrogen) atoms. The van der Waals surface area contributed by atoms with Crippen molar-refractivity contribution in [3.05, 3.63) is 53.6 Å². The average Bonchev–Trinajstić information content (AvgIpc) is 2.54. The lowest BCUT2D eigenvalue weighted by Gasteiger charge is -2.14. The number of amides is 2. The van der Waals surface area contributed by atoms with E-state index in [9.17, 15) is 20.0 Å². The number of nitrogens with one attached hydrogen (secondary N) is 3. The maximum Gasteiger partial charge on any atom is 0.262 e. The van der Waals surface area contributed by atoms with Crippen LogP contribution in [0.2, 0.25) is 0 Å². The smallest absolute Gasteiger partial charge is 0.262 e. The molecule has 0 fully saturated rings. The lowest BCUT2D eigenvalue weighted by Crippen LogP contribution is -2.42. The van der Waals surface area contributed by atoms with Crippen LogP contribution in [0, 0.1) is 16.7 Å². The molecule has 2 aromatic carbocycles. The second-order valence-corrected chi connectivity index (χ2v) is 4.87. The molecule has 2 rings (SSSR count). The van der Waals surface area contributed by atoms with Crippen LogP contribution < -0.4 is 10.6 Å². The van der Waals surface area contributed by atoms with Gasteiger partial charge in [-0.15, -0.1) is 0 Å². The molecule has 7 nitrogen and oxygen atoms in total. The van der Waals surface area contributed by atoms with Gasteiger partial charge in [-0.05, 0) is 17.7 Å². The number of phenols is 1. The Hall–Kier alpha value is -3.66. The summed E-state index contributed by atoms with van der Waals surface area (Å²) in [5, 5.41) is 31.2. The molecule has 0 unspecified atom stereocenters. The molecule has 0 atom stereocenters. The van der Waals surface area contributed by atoms with Gasteiger partial charge >= 0.3 is 0 Å². The molecule has 0 bridgehead atoms. The molecule has 0 aliphatic carbocycles. The van der Waals surface area contributed by atoms with Crippen molar-refractivity contribution in [2.24, 2.45) is 0 Å². The molecule has 0 saturated carbocycles. The minimum Gasteiger partial charge on any atom is -0.507 e. The largest absolute Gasteiger partial charge is 0.507 e. The fraction of sp³-hybridized carbons (Fsp3) is 0.0588. The van der Waals surface area contributed by atoms with E-state index in [4.69, 9.17) is 5.41 Å². The first-order valence-electron chi connectivity index (χ1n) is 6.93. The van der Waals surface area contributed by atoms with E-state index in [1.165, 1.54) is 19.1 Å². The summed E-state index contributed by atoms with van der Waals surface area (Å²) in [6.45, 7) is 1.20. The number of phenolic OH excluding ortho intramolecular Hbond substituents is 1. The van der Waals surface area contributed by atoms with Crippen molar-refractivity contribution in [3.63, 3.8) is 0 Å². The lowest BCUT2D eigenvalue weighted by atomic mass is 9.93. The number of guanidine groups is 1. The molecule has 4 N–H and O–H groups in total. The molecule has 2 aromatic rings. The quantitative estimate of drug-likeness (QED) is 0.496. The third-order valence-electron chi connectivity index (χ3n) is 3.13. The number of carbonyl (C=O) groups excluding carboxylic acids is 2. The summed E-state index contributed by atoms with van der Waals surface area (Å²) < 4.78 is 0. The summed E-state index contributed by atoms with van der Waals surface area (Å²) in [6, 6.07) is 13.3. The van der Waals surface area contributed by atoms with Crippen LogP contribution in [0.15, 0.2) is 42.5 Å². The molecule has 0 saturated heterocycles. The third-order valence-corrected chi connectivity index (χ3v) is 3.13. The van der Waals surface area contributed by atoms with Crippen LogP contribution >= 0.6 is 0 Å². The van der Waals surface area contributed by atoms with E-state index in [1.807, 2.05) is 6.07 Å². The van der Waals surface area contributed by atoms with E-state index in [2.05, 4.69) is 10.6 Å². The molecule has 0 heterocycles. The van der Waals surface area contributed by atoms with Gasteiger partial charge in [0.25, 0.3) is 5.91 Å². The lowest BCUT2D eigenvalue weighted by molar-refractivity contribution is -0.117. The summed E-state index contributed by atoms with van der Waals surface area (Å²) in [5.74, 6) is -2.17. The van der Waals surface area contributed by atoms with Gasteiger partial charge in [0.1, 0.15) is 5.75 Å². The summed E-state index contributed by atoms with van der Waals surface area (Å²) >= 11 is 0. The maximum atomic E-state index is 12.4. The first-order chi connectivity index (χ1) is 11.4. The molecular formula is C17H14N4O3. The standard InChI is InChI=1S/C17H14N4O3/c1-10(22)20-17(19)21-16(24)15-13(23)8-7-12(9-18)14(15)11-5-3-2-4-6-11/h2-8,23H,1H3,(H3,19,20,21,22,24). The van der Waals surface area contributed by atoms with Gasteiger partial charge in [0.15, 0.2) is 0 Å². The zero-order valence-electron chi connectivity index (χ0n) is 12.8. The van der Waals surface area contributed by atoms with Crippen LogP contribution in [-0.4, -0.2) is 22.9 Å². The Kier molecular flexibility index (Phi) is 4.92. The molecule has 0 aliphatic rings. The van der Waals surface area contributed by atoms with Crippen molar-refractivity contribution in [3.8, 4) is 22.9 Å². The van der Waals surface area contributed by atoms with Gasteiger partial charge in [-0.1, -0.05) is 30.3 Å². The first kappa shape index (κ1) is 16.7. The van der Waals surface area contributed by atoms with Crippen LogP contribution in [0.25, 0.3) is 11.1 Å². The van der Waals surface area contributed by atoms with Gasteiger partial charge in [-0.3, -0.25) is 25.6 Å². The van der Waals surface area contributed by atoms with Crippen molar-refractivity contribution in [1.29, 1.82) is 10.7 Å². The van der Waals surface area contributed by atoms with Crippen LogP contribution in [0.5, 0.6) is 5.75 Å². The second kappa shape index (κ2) is 7.07. The molecule has 7 heteroatoms. The van der Waals surface area contributed by atoms with E-state index in [-0.39, 0.29) is 22.4 Å². The number of rotatable bonds is 2. The zero-order valence-corrected chi connectivity index (χ0v) is 12.8. The second-order valence-electron chi connectivity index (χ2n) is 4.87. The van der Waals surface area contributed by atoms with E-state index in [0.717, 1.165) is 0 Å². The summed E-state index contributed by atoms with van der Waals surface area (Å²) in [5.41, 5.74) is 0.887. The SMILES string of the molecule is CC(=O)NC(=N)NC(=O)c1c(O)ccc(C#N)c1-c1ccccc1. The highest BCUT2D eigenvalue weighted by atomic mass is 16.3. The fourth-order valence-electron chi connectivity index (χ4n) is 2.20. The van der Waals surface area contributed by atoms with Crippen molar-refractivity contribution in [2.75, 3.05) is 0 Å². The fourth-order valence-corrected chi connectivity index (χ4v) is 2.20. The predicted molar refractivity (Wildman–Crippen MR) is 87.3 cm³/mol. The topological polar surface area (TPSA) is 126 Å². The highest BCUT2D eigenvalue weighted by Gasteiger charge is 2.22. The van der Waals surface area contributed by atoms with E-state index in [0.29, 0.717) is 5.56 Å². The van der Waals surface area contributed by atoms with Gasteiger partial charge in [0, 0.05) is 12.5 Å². The van der Waals surface area contributed by atoms with Gasteiger partial charge in [-0.25, -0.2) is 0 Å². The van der Waals surface area contributed by atoms with Crippen molar-refractivity contribution in [2.45, 2.75) is 6.92 Å². The molecule has 0 spiro atoms. The monoisotopic (exact) mass is 322 g/mol. The zero-order chi connectivity index (χ0) is 17.7. The van der Waals surface area contributed by atoms with Gasteiger partial charge < -0.3 is 5.11 Å². The Morgan fingerprint density at radius 2 is 1.79 bits per heavy atom. The van der Waals surface area contributed by atoms with Crippen LogP contribution in [0.1, 0.15) is 22.8 Å². The Morgan fingerprint density at radius 3 is 2.38 bits per heavy atom. The number of carbonyl (C=O) groups is 2. The van der Waals surface area contributed by atoms with Gasteiger partial charge in [0.05, 0.1) is 17.2 Å². The number of nitrogens with zero attached hydrogens (tertiary/aromatic N) is 1. The highest BCUT2D eigenvalue weighted by Crippen LogP contribution is 2.33. The molecule has 0 aliphatic heterocycles. The molecule has 0 aromatic heterocycles. The van der Waals surface area contributed by atoms with Crippen molar-refractivity contribution >= 4 is 17.8 Å². The normalized spacial score (nSPS) is 9.67. The van der Waals surface area contributed by atoms with Crippen LogP contribution in [0.3, 0.4) is 0 Å². The highest BCUT2D eigenvalue weighted by molar-refractivity contribution is 6.12. The molecular weight excluding hydrogens is 308 g/mol. The number of hydrogen-bond acceptors (Lipinski definition) is 5. The number of hydrogen-bond donors (Lipinski definition) is 4. The Labute approximate surface area is 138 Å². The van der Waals surface area contributed by atoms with Crippen molar-refractivity contribution in [1.82, 2.24) is 10.6 Å². The van der Waals surface area contributed by atoms with Crippen LogP contribution in [0.4, 0.5) is 0 Å². The summed E-state index contributed by atoms with van der Waals surface area (Å²) in [6.07, 6.45) is 0. The average molecular weight is 322 g/mol. The van der Waals surface area contributed by atoms with Gasteiger partial charge in [0.2, 0.25) is 11.9 Å². The Bertz CT molecular complexity index is 854. The number of aromatic hydroxyl groups is 1. The summed E-state index contributed by atoms with van der Waals surface area (Å²) in [7, 11) is 0.